The number of hydrogen-bond donors (Lipinski definition) is 2. The van der Waals surface area contributed by atoms with Crippen LogP contribution in [-0.4, -0.2) is 41.0 Å². The number of carboxylic acid groups (broad SMARTS) is 1. The van der Waals surface area contributed by atoms with Crippen LogP contribution in [0.5, 0.6) is 0 Å². The van der Waals surface area contributed by atoms with Crippen LogP contribution in [0.3, 0.4) is 0 Å². The highest BCUT2D eigenvalue weighted by Gasteiger charge is 2.51. The van der Waals surface area contributed by atoms with Crippen LogP contribution in [0.4, 0.5) is 4.79 Å². The van der Waals surface area contributed by atoms with E-state index < -0.39 is 17.7 Å². The predicted molar refractivity (Wildman–Crippen MR) is 71.4 cm³/mol. The molecule has 1 aliphatic heterocycles. The molecule has 1 amide bonds. The van der Waals surface area contributed by atoms with Crippen molar-refractivity contribution in [3.05, 3.63) is 0 Å². The smallest absolute Gasteiger partial charge is 0.407 e. The molecule has 0 bridgehead atoms. The fourth-order valence-electron chi connectivity index (χ4n) is 2.92. The van der Waals surface area contributed by atoms with E-state index in [0.29, 0.717) is 25.9 Å². The third kappa shape index (κ3) is 3.62. The largest absolute Gasteiger partial charge is 0.481 e. The number of aliphatic carboxylic acids is 1. The standard InChI is InChI=1S/C14H23NO5/c1-13(2,3)20-12(18)15-10-4-5-19-14(8-10)6-9(7-14)11(16)17/h9-10H,4-8H2,1-3H3,(H,15,18)(H,16,17)/t9?,10-,14?/m1/s1. The van der Waals surface area contributed by atoms with Crippen molar-refractivity contribution >= 4 is 12.1 Å². The maximum atomic E-state index is 11.7. The van der Waals surface area contributed by atoms with Crippen LogP contribution >= 0.6 is 0 Å². The molecule has 1 saturated heterocycles. The predicted octanol–water partition coefficient (Wildman–Crippen LogP) is 1.92. The Balaban J connectivity index is 1.83. The Morgan fingerprint density at radius 1 is 1.30 bits per heavy atom. The molecular weight excluding hydrogens is 262 g/mol. The summed E-state index contributed by atoms with van der Waals surface area (Å²) in [6.45, 7) is 6.01. The van der Waals surface area contributed by atoms with Gasteiger partial charge in [-0.25, -0.2) is 4.79 Å². The lowest BCUT2D eigenvalue weighted by Crippen LogP contribution is -2.56. The van der Waals surface area contributed by atoms with Crippen LogP contribution in [-0.2, 0) is 14.3 Å². The van der Waals surface area contributed by atoms with E-state index in [-0.39, 0.29) is 17.6 Å². The van der Waals surface area contributed by atoms with Crippen LogP contribution in [0.15, 0.2) is 0 Å². The number of carboxylic acids is 1. The zero-order chi connectivity index (χ0) is 15.0. The van der Waals surface area contributed by atoms with Crippen molar-refractivity contribution in [1.29, 1.82) is 0 Å². The molecule has 6 heteroatoms. The highest BCUT2D eigenvalue weighted by molar-refractivity contribution is 5.71. The number of hydrogen-bond acceptors (Lipinski definition) is 4. The average molecular weight is 285 g/mol. The first-order valence-electron chi connectivity index (χ1n) is 7.05. The van der Waals surface area contributed by atoms with Gasteiger partial charge in [-0.15, -0.1) is 0 Å². The highest BCUT2D eigenvalue weighted by Crippen LogP contribution is 2.46. The Morgan fingerprint density at radius 3 is 2.50 bits per heavy atom. The topological polar surface area (TPSA) is 84.9 Å². The van der Waals surface area contributed by atoms with Crippen LogP contribution < -0.4 is 5.32 Å². The summed E-state index contributed by atoms with van der Waals surface area (Å²) >= 11 is 0. The molecule has 114 valence electrons. The average Bonchev–Trinajstić information content (AvgIpc) is 2.22. The van der Waals surface area contributed by atoms with Crippen molar-refractivity contribution < 1.29 is 24.2 Å². The molecule has 6 nitrogen and oxygen atoms in total. The molecule has 0 aromatic heterocycles. The SMILES string of the molecule is CC(C)(C)OC(=O)N[C@@H]1CCOC2(CC(C(=O)O)C2)C1. The number of carbonyl (C=O) groups excluding carboxylic acids is 1. The minimum atomic E-state index is -0.763. The number of amides is 1. The molecule has 0 aromatic rings. The quantitative estimate of drug-likeness (QED) is 0.809. The van der Waals surface area contributed by atoms with Crippen LogP contribution in [0.1, 0.15) is 46.5 Å². The Labute approximate surface area is 118 Å². The lowest BCUT2D eigenvalue weighted by atomic mass is 9.66. The zero-order valence-electron chi connectivity index (χ0n) is 12.3. The van der Waals surface area contributed by atoms with Crippen molar-refractivity contribution in [3.63, 3.8) is 0 Å². The van der Waals surface area contributed by atoms with E-state index in [0.717, 1.165) is 6.42 Å². The molecule has 1 saturated carbocycles. The molecule has 2 N–H and O–H groups in total. The summed E-state index contributed by atoms with van der Waals surface area (Å²) < 4.78 is 11.0. The first-order valence-corrected chi connectivity index (χ1v) is 7.05. The summed E-state index contributed by atoms with van der Waals surface area (Å²) in [6.07, 6.45) is 2.05. The second kappa shape index (κ2) is 5.24. The summed E-state index contributed by atoms with van der Waals surface area (Å²) in [7, 11) is 0. The van der Waals surface area contributed by atoms with E-state index in [1.165, 1.54) is 0 Å². The molecule has 0 radical (unpaired) electrons. The maximum Gasteiger partial charge on any atom is 0.407 e. The van der Waals surface area contributed by atoms with Crippen LogP contribution in [0.25, 0.3) is 0 Å². The van der Waals surface area contributed by atoms with Crippen molar-refractivity contribution in [3.8, 4) is 0 Å². The molecule has 1 heterocycles. The first kappa shape index (κ1) is 15.1. The van der Waals surface area contributed by atoms with E-state index >= 15 is 0 Å². The highest BCUT2D eigenvalue weighted by atomic mass is 16.6. The molecule has 2 aliphatic rings. The van der Waals surface area contributed by atoms with Gasteiger partial charge in [0.25, 0.3) is 0 Å². The van der Waals surface area contributed by atoms with Gasteiger partial charge < -0.3 is 19.9 Å². The number of rotatable bonds is 2. The second-order valence-corrected chi connectivity index (χ2v) is 6.81. The van der Waals surface area contributed by atoms with E-state index in [4.69, 9.17) is 14.6 Å². The van der Waals surface area contributed by atoms with E-state index in [1.54, 1.807) is 0 Å². The van der Waals surface area contributed by atoms with Gasteiger partial charge >= 0.3 is 12.1 Å². The molecule has 0 aromatic carbocycles. The molecule has 2 fully saturated rings. The number of ether oxygens (including phenoxy) is 2. The lowest BCUT2D eigenvalue weighted by molar-refractivity contribution is -0.181. The fraction of sp³-hybridized carbons (Fsp3) is 0.857. The van der Waals surface area contributed by atoms with Gasteiger partial charge in [-0.2, -0.15) is 0 Å². The Morgan fingerprint density at radius 2 is 1.95 bits per heavy atom. The molecule has 2 rings (SSSR count). The number of carbonyl (C=O) groups is 2. The molecule has 1 spiro atoms. The molecule has 1 atom stereocenters. The van der Waals surface area contributed by atoms with Crippen LogP contribution in [0.2, 0.25) is 0 Å². The third-order valence-electron chi connectivity index (χ3n) is 3.80. The van der Waals surface area contributed by atoms with E-state index in [1.807, 2.05) is 20.8 Å². The summed E-state index contributed by atoms with van der Waals surface area (Å²) in [5.41, 5.74) is -0.876. The van der Waals surface area contributed by atoms with Gasteiger partial charge in [0.05, 0.1) is 11.5 Å². The second-order valence-electron chi connectivity index (χ2n) is 6.81. The van der Waals surface area contributed by atoms with Crippen LogP contribution in [0, 0.1) is 5.92 Å². The molecule has 1 aliphatic carbocycles. The number of alkyl carbamates (subject to hydrolysis) is 1. The van der Waals surface area contributed by atoms with E-state index in [2.05, 4.69) is 5.32 Å². The Bertz CT molecular complexity index is 395. The van der Waals surface area contributed by atoms with Gasteiger partial charge in [-0.05, 0) is 46.5 Å². The minimum Gasteiger partial charge on any atom is -0.481 e. The van der Waals surface area contributed by atoms with Crippen molar-refractivity contribution in [2.24, 2.45) is 5.92 Å². The monoisotopic (exact) mass is 285 g/mol. The number of nitrogens with one attached hydrogen (secondary N) is 1. The van der Waals surface area contributed by atoms with Gasteiger partial charge in [0, 0.05) is 12.6 Å². The summed E-state index contributed by atoms with van der Waals surface area (Å²) in [5, 5.41) is 11.8. The normalized spacial score (nSPS) is 33.4. The lowest BCUT2D eigenvalue weighted by Gasteiger charge is -2.50. The molecule has 20 heavy (non-hydrogen) atoms. The maximum absolute atomic E-state index is 11.7. The van der Waals surface area contributed by atoms with Gasteiger partial charge in [0.2, 0.25) is 0 Å². The first-order chi connectivity index (χ1) is 9.19. The summed E-state index contributed by atoms with van der Waals surface area (Å²) in [5.74, 6) is -1.07. The van der Waals surface area contributed by atoms with Gasteiger partial charge in [0.15, 0.2) is 0 Å². The zero-order valence-corrected chi connectivity index (χ0v) is 12.3. The minimum absolute atomic E-state index is 0.00616. The Hall–Kier alpha value is -1.30. The van der Waals surface area contributed by atoms with Gasteiger partial charge in [0.1, 0.15) is 5.60 Å². The summed E-state index contributed by atoms with van der Waals surface area (Å²) in [4.78, 5) is 22.6. The van der Waals surface area contributed by atoms with Crippen molar-refractivity contribution in [2.75, 3.05) is 6.61 Å². The Kier molecular flexibility index (Phi) is 3.95. The van der Waals surface area contributed by atoms with Crippen molar-refractivity contribution in [2.45, 2.75) is 63.7 Å². The molecule has 0 unspecified atom stereocenters. The fourth-order valence-corrected chi connectivity index (χ4v) is 2.92. The van der Waals surface area contributed by atoms with Crippen molar-refractivity contribution in [1.82, 2.24) is 5.32 Å². The van der Waals surface area contributed by atoms with Gasteiger partial charge in [-0.3, -0.25) is 4.79 Å². The summed E-state index contributed by atoms with van der Waals surface area (Å²) in [6, 6.07) is -0.00616. The molecular formula is C14H23NO5. The van der Waals surface area contributed by atoms with E-state index in [9.17, 15) is 9.59 Å². The van der Waals surface area contributed by atoms with Gasteiger partial charge in [-0.1, -0.05) is 0 Å². The third-order valence-corrected chi connectivity index (χ3v) is 3.80.